The Labute approximate surface area is 131 Å². The van der Waals surface area contributed by atoms with Crippen LogP contribution in [0.1, 0.15) is 11.1 Å². The molecule has 0 N–H and O–H groups in total. The number of hydrogen-bond donors (Lipinski definition) is 0. The molecule has 1 fully saturated rings. The van der Waals surface area contributed by atoms with Gasteiger partial charge in [-0.05, 0) is 43.3 Å². The first kappa shape index (κ1) is 15.2. The highest BCUT2D eigenvalue weighted by molar-refractivity contribution is 5.39. The third-order valence-corrected chi connectivity index (χ3v) is 3.94. The number of hydrogen-bond acceptors (Lipinski definition) is 4. The minimum atomic E-state index is 0.183. The molecule has 2 heterocycles. The summed E-state index contributed by atoms with van der Waals surface area (Å²) in [5.74, 6) is 0. The zero-order valence-electron chi connectivity index (χ0n) is 13.2. The fourth-order valence-corrected chi connectivity index (χ4v) is 2.77. The standard InChI is InChI=1S/C17H23N3O2/c1-14-10-16(20-7-3-6-18-20)5-4-15(14)11-19(2)12-17-13-21-8-9-22-17/h3-7,10,17H,8-9,11-13H2,1-2H3. The van der Waals surface area contributed by atoms with E-state index in [2.05, 4.69) is 42.2 Å². The Bertz CT molecular complexity index is 592. The van der Waals surface area contributed by atoms with Crippen LogP contribution < -0.4 is 0 Å². The van der Waals surface area contributed by atoms with Gasteiger partial charge in [0.25, 0.3) is 0 Å². The maximum Gasteiger partial charge on any atom is 0.0936 e. The van der Waals surface area contributed by atoms with Crippen LogP contribution in [0.2, 0.25) is 0 Å². The fourth-order valence-electron chi connectivity index (χ4n) is 2.77. The Morgan fingerprint density at radius 3 is 2.95 bits per heavy atom. The molecule has 0 aliphatic carbocycles. The van der Waals surface area contributed by atoms with E-state index in [1.807, 2.05) is 16.9 Å². The molecule has 0 bridgehead atoms. The molecule has 1 aliphatic heterocycles. The van der Waals surface area contributed by atoms with Crippen LogP contribution in [0.25, 0.3) is 5.69 Å². The molecule has 1 atom stereocenters. The molecule has 22 heavy (non-hydrogen) atoms. The van der Waals surface area contributed by atoms with Gasteiger partial charge in [-0.1, -0.05) is 6.07 Å². The van der Waals surface area contributed by atoms with Crippen LogP contribution in [0.5, 0.6) is 0 Å². The van der Waals surface area contributed by atoms with Gasteiger partial charge in [0, 0.05) is 25.5 Å². The monoisotopic (exact) mass is 301 g/mol. The van der Waals surface area contributed by atoms with Crippen molar-refractivity contribution in [3.05, 3.63) is 47.8 Å². The fraction of sp³-hybridized carbons (Fsp3) is 0.471. The summed E-state index contributed by atoms with van der Waals surface area (Å²) in [7, 11) is 2.12. The molecular weight excluding hydrogens is 278 g/mol. The zero-order valence-corrected chi connectivity index (χ0v) is 13.2. The van der Waals surface area contributed by atoms with Crippen molar-refractivity contribution < 1.29 is 9.47 Å². The highest BCUT2D eigenvalue weighted by atomic mass is 16.6. The van der Waals surface area contributed by atoms with Crippen LogP contribution >= 0.6 is 0 Å². The van der Waals surface area contributed by atoms with Crippen molar-refractivity contribution in [3.63, 3.8) is 0 Å². The molecule has 0 spiro atoms. The smallest absolute Gasteiger partial charge is 0.0936 e. The van der Waals surface area contributed by atoms with Crippen LogP contribution in [0.3, 0.4) is 0 Å². The van der Waals surface area contributed by atoms with Crippen molar-refractivity contribution in [2.24, 2.45) is 0 Å². The van der Waals surface area contributed by atoms with Gasteiger partial charge in [-0.15, -0.1) is 0 Å². The van der Waals surface area contributed by atoms with Gasteiger partial charge in [0.05, 0.1) is 31.6 Å². The SMILES string of the molecule is Cc1cc(-n2cccn2)ccc1CN(C)CC1COCCO1. The third-order valence-electron chi connectivity index (χ3n) is 3.94. The Morgan fingerprint density at radius 1 is 1.36 bits per heavy atom. The van der Waals surface area contributed by atoms with E-state index in [1.54, 1.807) is 6.20 Å². The number of ether oxygens (including phenoxy) is 2. The first-order valence-corrected chi connectivity index (χ1v) is 7.70. The van der Waals surface area contributed by atoms with Crippen LogP contribution in [0, 0.1) is 6.92 Å². The molecule has 0 amide bonds. The van der Waals surface area contributed by atoms with E-state index in [0.717, 1.165) is 18.8 Å². The Morgan fingerprint density at radius 2 is 2.27 bits per heavy atom. The van der Waals surface area contributed by atoms with Gasteiger partial charge >= 0.3 is 0 Å². The lowest BCUT2D eigenvalue weighted by Gasteiger charge is -2.27. The maximum absolute atomic E-state index is 5.71. The van der Waals surface area contributed by atoms with Gasteiger partial charge < -0.3 is 9.47 Å². The highest BCUT2D eigenvalue weighted by Crippen LogP contribution is 2.16. The summed E-state index contributed by atoms with van der Waals surface area (Å²) in [6.45, 7) is 6.06. The number of rotatable bonds is 5. The van der Waals surface area contributed by atoms with Crippen LogP contribution in [0.15, 0.2) is 36.7 Å². The summed E-state index contributed by atoms with van der Waals surface area (Å²) in [5.41, 5.74) is 3.70. The van der Waals surface area contributed by atoms with Crippen molar-refractivity contribution >= 4 is 0 Å². The van der Waals surface area contributed by atoms with E-state index in [4.69, 9.17) is 9.47 Å². The number of aryl methyl sites for hydroxylation is 1. The summed E-state index contributed by atoms with van der Waals surface area (Å²) < 4.78 is 13.0. The van der Waals surface area contributed by atoms with E-state index in [0.29, 0.717) is 19.8 Å². The number of aromatic nitrogens is 2. The summed E-state index contributed by atoms with van der Waals surface area (Å²) in [6, 6.07) is 8.41. The van der Waals surface area contributed by atoms with Gasteiger partial charge in [-0.25, -0.2) is 4.68 Å². The Hall–Kier alpha value is -1.69. The summed E-state index contributed by atoms with van der Waals surface area (Å²) in [5, 5.41) is 4.27. The summed E-state index contributed by atoms with van der Waals surface area (Å²) >= 11 is 0. The second kappa shape index (κ2) is 7.05. The molecule has 3 rings (SSSR count). The van der Waals surface area contributed by atoms with E-state index in [-0.39, 0.29) is 6.10 Å². The van der Waals surface area contributed by atoms with E-state index < -0.39 is 0 Å². The summed E-state index contributed by atoms with van der Waals surface area (Å²) in [6.07, 6.45) is 3.94. The minimum absolute atomic E-state index is 0.183. The number of benzene rings is 1. The Balaban J connectivity index is 1.62. The molecule has 118 valence electrons. The average molecular weight is 301 g/mol. The predicted octanol–water partition coefficient (Wildman–Crippen LogP) is 2.03. The lowest BCUT2D eigenvalue weighted by Crippen LogP contribution is -2.38. The highest BCUT2D eigenvalue weighted by Gasteiger charge is 2.16. The molecule has 1 aliphatic rings. The third kappa shape index (κ3) is 3.74. The predicted molar refractivity (Wildman–Crippen MR) is 85.2 cm³/mol. The van der Waals surface area contributed by atoms with Crippen LogP contribution in [-0.4, -0.2) is 54.2 Å². The molecule has 1 saturated heterocycles. The van der Waals surface area contributed by atoms with Crippen molar-refractivity contribution in [3.8, 4) is 5.69 Å². The molecule has 1 aromatic carbocycles. The quantitative estimate of drug-likeness (QED) is 0.847. The van der Waals surface area contributed by atoms with E-state index >= 15 is 0 Å². The largest absolute Gasteiger partial charge is 0.376 e. The maximum atomic E-state index is 5.71. The average Bonchev–Trinajstić information content (AvgIpc) is 3.04. The zero-order chi connectivity index (χ0) is 15.4. The van der Waals surface area contributed by atoms with Gasteiger partial charge in [0.2, 0.25) is 0 Å². The topological polar surface area (TPSA) is 39.5 Å². The molecular formula is C17H23N3O2. The molecule has 5 heteroatoms. The molecule has 1 aromatic heterocycles. The van der Waals surface area contributed by atoms with Crippen LogP contribution in [0.4, 0.5) is 0 Å². The molecule has 1 unspecified atom stereocenters. The van der Waals surface area contributed by atoms with Gasteiger partial charge in [0.1, 0.15) is 0 Å². The summed E-state index contributed by atoms with van der Waals surface area (Å²) in [4.78, 5) is 2.29. The first-order chi connectivity index (χ1) is 10.7. The van der Waals surface area contributed by atoms with Gasteiger partial charge in [-0.2, -0.15) is 5.10 Å². The second-order valence-electron chi connectivity index (χ2n) is 5.83. The lowest BCUT2D eigenvalue weighted by atomic mass is 10.1. The number of nitrogens with zero attached hydrogens (tertiary/aromatic N) is 3. The van der Waals surface area contributed by atoms with Gasteiger partial charge in [0.15, 0.2) is 0 Å². The molecule has 2 aromatic rings. The molecule has 5 nitrogen and oxygen atoms in total. The second-order valence-corrected chi connectivity index (χ2v) is 5.83. The minimum Gasteiger partial charge on any atom is -0.376 e. The van der Waals surface area contributed by atoms with Gasteiger partial charge in [-0.3, -0.25) is 4.90 Å². The van der Waals surface area contributed by atoms with Crippen molar-refractivity contribution in [1.82, 2.24) is 14.7 Å². The first-order valence-electron chi connectivity index (χ1n) is 7.70. The van der Waals surface area contributed by atoms with Crippen molar-refractivity contribution in [2.75, 3.05) is 33.4 Å². The van der Waals surface area contributed by atoms with Crippen LogP contribution in [-0.2, 0) is 16.0 Å². The van der Waals surface area contributed by atoms with E-state index in [9.17, 15) is 0 Å². The number of likely N-dealkylation sites (N-methyl/N-ethyl adjacent to an activating group) is 1. The van der Waals surface area contributed by atoms with E-state index in [1.165, 1.54) is 11.1 Å². The molecule has 0 saturated carbocycles. The molecule has 0 radical (unpaired) electrons. The lowest BCUT2D eigenvalue weighted by molar-refractivity contribution is -0.0962. The van der Waals surface area contributed by atoms with Crippen molar-refractivity contribution in [2.45, 2.75) is 19.6 Å². The van der Waals surface area contributed by atoms with Crippen molar-refractivity contribution in [1.29, 1.82) is 0 Å². The normalized spacial score (nSPS) is 18.8. The Kier molecular flexibility index (Phi) is 4.87.